The van der Waals surface area contributed by atoms with E-state index in [1.165, 1.54) is 4.90 Å². The maximum Gasteiger partial charge on any atom is 0.268 e. The van der Waals surface area contributed by atoms with Gasteiger partial charge < -0.3 is 15.4 Å². The number of nitrogens with zero attached hydrogens (tertiary/aromatic N) is 1. The van der Waals surface area contributed by atoms with Gasteiger partial charge >= 0.3 is 0 Å². The smallest absolute Gasteiger partial charge is 0.268 e. The van der Waals surface area contributed by atoms with Crippen molar-refractivity contribution >= 4 is 29.1 Å². The topological polar surface area (TPSA) is 87.7 Å². The number of fused-ring (bicyclic) bond motifs is 1. The third-order valence-corrected chi connectivity index (χ3v) is 4.57. The number of para-hydroxylation sites is 3. The summed E-state index contributed by atoms with van der Waals surface area (Å²) in [6.07, 6.45) is -0.671. The maximum atomic E-state index is 12.4. The van der Waals surface area contributed by atoms with Crippen LogP contribution in [-0.2, 0) is 14.4 Å². The molecule has 0 aromatic heterocycles. The van der Waals surface area contributed by atoms with Crippen LogP contribution in [0.3, 0.4) is 0 Å². The first kappa shape index (κ1) is 19.4. The van der Waals surface area contributed by atoms with Crippen LogP contribution < -0.4 is 20.3 Å². The standard InChI is InChI=1S/C21H23N3O4/c1-13-7-6-8-14(2)20(13)23-18(25)11-22-19(26)12-24-16-9-4-5-10-17(16)28-15(3)21(24)27/h4-10,15H,11-12H2,1-3H3,(H,22,26)(H,23,25). The molecule has 1 unspecified atom stereocenters. The van der Waals surface area contributed by atoms with Gasteiger partial charge in [-0.3, -0.25) is 19.3 Å². The lowest BCUT2D eigenvalue weighted by atomic mass is 10.1. The number of anilines is 2. The van der Waals surface area contributed by atoms with E-state index in [4.69, 9.17) is 4.74 Å². The predicted molar refractivity (Wildman–Crippen MR) is 106 cm³/mol. The van der Waals surface area contributed by atoms with Gasteiger partial charge in [0.25, 0.3) is 5.91 Å². The van der Waals surface area contributed by atoms with E-state index in [-0.39, 0.29) is 24.9 Å². The van der Waals surface area contributed by atoms with E-state index in [1.54, 1.807) is 31.2 Å². The summed E-state index contributed by atoms with van der Waals surface area (Å²) in [5.41, 5.74) is 3.18. The van der Waals surface area contributed by atoms with Crippen molar-refractivity contribution in [1.29, 1.82) is 0 Å². The molecule has 0 aliphatic carbocycles. The van der Waals surface area contributed by atoms with Gasteiger partial charge in [-0.25, -0.2) is 0 Å². The second-order valence-electron chi connectivity index (χ2n) is 6.74. The zero-order valence-corrected chi connectivity index (χ0v) is 16.1. The van der Waals surface area contributed by atoms with Crippen molar-refractivity contribution in [3.63, 3.8) is 0 Å². The molecule has 0 radical (unpaired) electrons. The molecule has 2 aromatic carbocycles. The summed E-state index contributed by atoms with van der Waals surface area (Å²) in [6, 6.07) is 12.8. The van der Waals surface area contributed by atoms with E-state index in [0.717, 1.165) is 16.8 Å². The molecule has 3 amide bonds. The summed E-state index contributed by atoms with van der Waals surface area (Å²) in [5, 5.41) is 5.38. The summed E-state index contributed by atoms with van der Waals surface area (Å²) in [4.78, 5) is 38.3. The minimum atomic E-state index is -0.671. The second-order valence-corrected chi connectivity index (χ2v) is 6.74. The Morgan fingerprint density at radius 2 is 1.71 bits per heavy atom. The molecule has 0 bridgehead atoms. The summed E-state index contributed by atoms with van der Waals surface area (Å²) in [6.45, 7) is 5.09. The number of hydrogen-bond acceptors (Lipinski definition) is 4. The SMILES string of the molecule is Cc1cccc(C)c1NC(=O)CNC(=O)CN1C(=O)C(C)Oc2ccccc21. The number of nitrogens with one attached hydrogen (secondary N) is 2. The van der Waals surface area contributed by atoms with Crippen LogP contribution >= 0.6 is 0 Å². The van der Waals surface area contributed by atoms with Crippen LogP contribution in [0.25, 0.3) is 0 Å². The quantitative estimate of drug-likeness (QED) is 0.831. The first-order valence-corrected chi connectivity index (χ1v) is 9.06. The third kappa shape index (κ3) is 4.14. The van der Waals surface area contributed by atoms with Crippen molar-refractivity contribution in [1.82, 2.24) is 5.32 Å². The lowest BCUT2D eigenvalue weighted by Gasteiger charge is -2.32. The molecular weight excluding hydrogens is 358 g/mol. The summed E-state index contributed by atoms with van der Waals surface area (Å²) in [7, 11) is 0. The Morgan fingerprint density at radius 1 is 1.04 bits per heavy atom. The molecule has 1 atom stereocenters. The van der Waals surface area contributed by atoms with Crippen molar-refractivity contribution in [2.24, 2.45) is 0 Å². The highest BCUT2D eigenvalue weighted by Gasteiger charge is 2.32. The minimum Gasteiger partial charge on any atom is -0.479 e. The van der Waals surface area contributed by atoms with Gasteiger partial charge in [-0.1, -0.05) is 30.3 Å². The lowest BCUT2D eigenvalue weighted by Crippen LogP contribution is -2.49. The summed E-state index contributed by atoms with van der Waals surface area (Å²) >= 11 is 0. The zero-order valence-electron chi connectivity index (χ0n) is 16.1. The molecule has 28 heavy (non-hydrogen) atoms. The molecule has 3 rings (SSSR count). The number of benzene rings is 2. The number of aryl methyl sites for hydroxylation is 2. The van der Waals surface area contributed by atoms with Crippen LogP contribution in [0.1, 0.15) is 18.1 Å². The molecule has 0 saturated carbocycles. The van der Waals surface area contributed by atoms with Crippen LogP contribution in [0.5, 0.6) is 5.75 Å². The molecule has 1 aliphatic rings. The average Bonchev–Trinajstić information content (AvgIpc) is 2.67. The highest BCUT2D eigenvalue weighted by molar-refractivity contribution is 6.04. The molecule has 7 nitrogen and oxygen atoms in total. The molecule has 1 aliphatic heterocycles. The van der Waals surface area contributed by atoms with E-state index in [2.05, 4.69) is 10.6 Å². The summed E-state index contributed by atoms with van der Waals surface area (Å²) < 4.78 is 5.56. The van der Waals surface area contributed by atoms with E-state index in [0.29, 0.717) is 11.4 Å². The Hall–Kier alpha value is -3.35. The Kier molecular flexibility index (Phi) is 5.63. The Bertz CT molecular complexity index is 905. The first-order chi connectivity index (χ1) is 13.4. The molecule has 146 valence electrons. The number of carbonyl (C=O) groups excluding carboxylic acids is 3. The number of carbonyl (C=O) groups is 3. The Labute approximate surface area is 163 Å². The molecule has 2 aromatic rings. The molecular formula is C21H23N3O4. The number of ether oxygens (including phenoxy) is 1. The van der Waals surface area contributed by atoms with Gasteiger partial charge in [0, 0.05) is 5.69 Å². The van der Waals surface area contributed by atoms with Crippen LogP contribution in [0, 0.1) is 13.8 Å². The van der Waals surface area contributed by atoms with Crippen molar-refractivity contribution in [2.45, 2.75) is 26.9 Å². The van der Waals surface area contributed by atoms with Crippen LogP contribution in [0.2, 0.25) is 0 Å². The van der Waals surface area contributed by atoms with E-state index >= 15 is 0 Å². The first-order valence-electron chi connectivity index (χ1n) is 9.06. The number of hydrogen-bond donors (Lipinski definition) is 2. The van der Waals surface area contributed by atoms with Gasteiger partial charge in [0.2, 0.25) is 11.8 Å². The molecule has 0 saturated heterocycles. The van der Waals surface area contributed by atoms with Crippen LogP contribution in [-0.4, -0.2) is 36.9 Å². The molecule has 1 heterocycles. The predicted octanol–water partition coefficient (Wildman–Crippen LogP) is 2.17. The normalized spacial score (nSPS) is 15.5. The van der Waals surface area contributed by atoms with E-state index < -0.39 is 12.0 Å². The van der Waals surface area contributed by atoms with E-state index in [1.807, 2.05) is 32.0 Å². The highest BCUT2D eigenvalue weighted by atomic mass is 16.5. The fourth-order valence-electron chi connectivity index (χ4n) is 3.10. The van der Waals surface area contributed by atoms with Crippen molar-refractivity contribution in [3.8, 4) is 5.75 Å². The lowest BCUT2D eigenvalue weighted by molar-refractivity contribution is -0.128. The molecule has 7 heteroatoms. The van der Waals surface area contributed by atoms with Gasteiger partial charge in [-0.05, 0) is 44.0 Å². The fraction of sp³-hybridized carbons (Fsp3) is 0.286. The van der Waals surface area contributed by atoms with Gasteiger partial charge in [-0.15, -0.1) is 0 Å². The van der Waals surface area contributed by atoms with Gasteiger partial charge in [0.1, 0.15) is 12.3 Å². The van der Waals surface area contributed by atoms with E-state index in [9.17, 15) is 14.4 Å². The average molecular weight is 381 g/mol. The fourth-order valence-corrected chi connectivity index (χ4v) is 3.10. The Balaban J connectivity index is 1.60. The van der Waals surface area contributed by atoms with Crippen molar-refractivity contribution < 1.29 is 19.1 Å². The van der Waals surface area contributed by atoms with Crippen molar-refractivity contribution in [2.75, 3.05) is 23.3 Å². The molecule has 0 spiro atoms. The van der Waals surface area contributed by atoms with Gasteiger partial charge in [0.15, 0.2) is 6.10 Å². The van der Waals surface area contributed by atoms with Crippen molar-refractivity contribution in [3.05, 3.63) is 53.6 Å². The monoisotopic (exact) mass is 381 g/mol. The van der Waals surface area contributed by atoms with Crippen LogP contribution in [0.15, 0.2) is 42.5 Å². The molecule has 0 fully saturated rings. The highest BCUT2D eigenvalue weighted by Crippen LogP contribution is 2.33. The Morgan fingerprint density at radius 3 is 2.43 bits per heavy atom. The minimum absolute atomic E-state index is 0.178. The number of rotatable bonds is 5. The second kappa shape index (κ2) is 8.12. The molecule has 2 N–H and O–H groups in total. The maximum absolute atomic E-state index is 12.4. The zero-order chi connectivity index (χ0) is 20.3. The van der Waals surface area contributed by atoms with Crippen LogP contribution in [0.4, 0.5) is 11.4 Å². The largest absolute Gasteiger partial charge is 0.479 e. The summed E-state index contributed by atoms with van der Waals surface area (Å²) in [5.74, 6) is -0.495. The van der Waals surface area contributed by atoms with Gasteiger partial charge in [-0.2, -0.15) is 0 Å². The van der Waals surface area contributed by atoms with Gasteiger partial charge in [0.05, 0.1) is 12.2 Å². The third-order valence-electron chi connectivity index (χ3n) is 4.57. The number of amides is 3.